The van der Waals surface area contributed by atoms with Gasteiger partial charge in [0.1, 0.15) is 0 Å². The maximum atomic E-state index is 11.4. The number of esters is 1. The molecule has 0 aliphatic heterocycles. The lowest BCUT2D eigenvalue weighted by Gasteiger charge is -2.49. The number of methoxy groups -OCH3 is 1. The topological polar surface area (TPSA) is 46.5 Å². The molecule has 0 aromatic heterocycles. The Hall–Kier alpha value is -1.35. The molecule has 0 radical (unpaired) electrons. The number of hydrogen-bond donors (Lipinski definition) is 1. The highest BCUT2D eigenvalue weighted by Crippen LogP contribution is 2.50. The van der Waals surface area contributed by atoms with Crippen LogP contribution in [0.2, 0.25) is 0 Å². The van der Waals surface area contributed by atoms with Gasteiger partial charge in [0.05, 0.1) is 18.6 Å². The van der Waals surface area contributed by atoms with Crippen LogP contribution in [0.4, 0.5) is 0 Å². The number of carbonyl (C=O) groups excluding carboxylic acids is 1. The van der Waals surface area contributed by atoms with Crippen molar-refractivity contribution < 1.29 is 14.6 Å². The lowest BCUT2D eigenvalue weighted by Crippen LogP contribution is -2.53. The number of hydrogen-bond acceptors (Lipinski definition) is 3. The van der Waals surface area contributed by atoms with Gasteiger partial charge in [0.15, 0.2) is 0 Å². The molecular formula is C13H16O3. The summed E-state index contributed by atoms with van der Waals surface area (Å²) in [7, 11) is 1.38. The molecule has 0 bridgehead atoms. The average Bonchev–Trinajstić information content (AvgIpc) is 2.35. The maximum absolute atomic E-state index is 11.4. The SMILES string of the molecule is COC(=O)[C@@H]1C[C@](O)(c2ccccc2)[C@H]1C. The van der Waals surface area contributed by atoms with Gasteiger partial charge in [-0.1, -0.05) is 37.3 Å². The van der Waals surface area contributed by atoms with E-state index < -0.39 is 5.60 Å². The van der Waals surface area contributed by atoms with E-state index in [-0.39, 0.29) is 17.8 Å². The molecule has 0 spiro atoms. The van der Waals surface area contributed by atoms with E-state index in [2.05, 4.69) is 0 Å². The van der Waals surface area contributed by atoms with Crippen LogP contribution in [0.1, 0.15) is 18.9 Å². The third kappa shape index (κ3) is 1.52. The quantitative estimate of drug-likeness (QED) is 0.772. The average molecular weight is 220 g/mol. The molecule has 3 heteroatoms. The molecule has 0 saturated heterocycles. The van der Waals surface area contributed by atoms with Gasteiger partial charge in [0.2, 0.25) is 0 Å². The first-order valence-electron chi connectivity index (χ1n) is 5.45. The molecule has 1 aliphatic carbocycles. The van der Waals surface area contributed by atoms with Crippen molar-refractivity contribution in [2.75, 3.05) is 7.11 Å². The number of ether oxygens (including phenoxy) is 1. The third-order valence-electron chi connectivity index (χ3n) is 3.67. The Kier molecular flexibility index (Phi) is 2.72. The molecule has 3 atom stereocenters. The lowest BCUT2D eigenvalue weighted by molar-refractivity contribution is -0.180. The van der Waals surface area contributed by atoms with Crippen molar-refractivity contribution in [2.45, 2.75) is 18.9 Å². The minimum atomic E-state index is -0.875. The van der Waals surface area contributed by atoms with Crippen molar-refractivity contribution in [1.82, 2.24) is 0 Å². The monoisotopic (exact) mass is 220 g/mol. The van der Waals surface area contributed by atoms with Crippen molar-refractivity contribution in [3.05, 3.63) is 35.9 Å². The van der Waals surface area contributed by atoms with E-state index in [9.17, 15) is 9.90 Å². The molecule has 1 fully saturated rings. The molecule has 1 aromatic rings. The number of carbonyl (C=O) groups is 1. The summed E-state index contributed by atoms with van der Waals surface area (Å²) in [6, 6.07) is 9.49. The maximum Gasteiger partial charge on any atom is 0.309 e. The highest BCUT2D eigenvalue weighted by molar-refractivity contribution is 5.74. The molecule has 1 aromatic carbocycles. The van der Waals surface area contributed by atoms with E-state index in [1.165, 1.54) is 7.11 Å². The Bertz CT molecular complexity index is 387. The van der Waals surface area contributed by atoms with Gasteiger partial charge >= 0.3 is 5.97 Å². The molecular weight excluding hydrogens is 204 g/mol. The van der Waals surface area contributed by atoms with E-state index in [0.717, 1.165) is 5.56 Å². The lowest BCUT2D eigenvalue weighted by atomic mass is 9.59. The van der Waals surface area contributed by atoms with E-state index in [1.807, 2.05) is 37.3 Å². The number of benzene rings is 1. The molecule has 1 saturated carbocycles. The minimum absolute atomic E-state index is 0.0950. The molecule has 1 aliphatic rings. The summed E-state index contributed by atoms with van der Waals surface area (Å²) in [5.41, 5.74) is 0.00257. The highest BCUT2D eigenvalue weighted by Gasteiger charge is 2.54. The van der Waals surface area contributed by atoms with Gasteiger partial charge in [0, 0.05) is 5.92 Å². The molecule has 3 nitrogen and oxygen atoms in total. The van der Waals surface area contributed by atoms with Gasteiger partial charge in [-0.3, -0.25) is 4.79 Å². The van der Waals surface area contributed by atoms with E-state index in [0.29, 0.717) is 6.42 Å². The molecule has 86 valence electrons. The summed E-state index contributed by atoms with van der Waals surface area (Å²) in [6.07, 6.45) is 0.449. The van der Waals surface area contributed by atoms with Crippen LogP contribution in [0, 0.1) is 11.8 Å². The van der Waals surface area contributed by atoms with Crippen LogP contribution < -0.4 is 0 Å². The molecule has 0 heterocycles. The van der Waals surface area contributed by atoms with Crippen LogP contribution in [0.3, 0.4) is 0 Å². The Morgan fingerprint density at radius 1 is 1.44 bits per heavy atom. The van der Waals surface area contributed by atoms with Crippen molar-refractivity contribution in [1.29, 1.82) is 0 Å². The van der Waals surface area contributed by atoms with Gasteiger partial charge in [0.25, 0.3) is 0 Å². The van der Waals surface area contributed by atoms with Gasteiger partial charge in [-0.05, 0) is 12.0 Å². The summed E-state index contributed by atoms with van der Waals surface area (Å²) in [5.74, 6) is -0.509. The Labute approximate surface area is 95.0 Å². The summed E-state index contributed by atoms with van der Waals surface area (Å²) < 4.78 is 4.70. The number of rotatable bonds is 2. The third-order valence-corrected chi connectivity index (χ3v) is 3.67. The van der Waals surface area contributed by atoms with Crippen LogP contribution >= 0.6 is 0 Å². The second-order valence-electron chi connectivity index (χ2n) is 4.41. The molecule has 16 heavy (non-hydrogen) atoms. The smallest absolute Gasteiger partial charge is 0.309 e. The minimum Gasteiger partial charge on any atom is -0.469 e. The predicted molar refractivity (Wildman–Crippen MR) is 59.6 cm³/mol. The van der Waals surface area contributed by atoms with Gasteiger partial charge in [-0.25, -0.2) is 0 Å². The highest BCUT2D eigenvalue weighted by atomic mass is 16.5. The van der Waals surface area contributed by atoms with Crippen molar-refractivity contribution in [3.63, 3.8) is 0 Å². The first-order chi connectivity index (χ1) is 7.59. The zero-order valence-corrected chi connectivity index (χ0v) is 9.51. The summed E-state index contributed by atoms with van der Waals surface area (Å²) in [4.78, 5) is 11.4. The molecule has 0 unspecified atom stereocenters. The van der Waals surface area contributed by atoms with Crippen LogP contribution in [0.15, 0.2) is 30.3 Å². The first kappa shape index (κ1) is 11.1. The zero-order chi connectivity index (χ0) is 11.8. The van der Waals surface area contributed by atoms with Crippen LogP contribution in [-0.4, -0.2) is 18.2 Å². The Morgan fingerprint density at radius 2 is 2.06 bits per heavy atom. The summed E-state index contributed by atoms with van der Waals surface area (Å²) >= 11 is 0. The van der Waals surface area contributed by atoms with Crippen molar-refractivity contribution in [3.8, 4) is 0 Å². The van der Waals surface area contributed by atoms with Crippen molar-refractivity contribution in [2.24, 2.45) is 11.8 Å². The Balaban J connectivity index is 2.17. The second-order valence-corrected chi connectivity index (χ2v) is 4.41. The van der Waals surface area contributed by atoms with Crippen LogP contribution in [0.25, 0.3) is 0 Å². The van der Waals surface area contributed by atoms with Crippen molar-refractivity contribution >= 4 is 5.97 Å². The molecule has 2 rings (SSSR count). The molecule has 1 N–H and O–H groups in total. The normalized spacial score (nSPS) is 32.9. The zero-order valence-electron chi connectivity index (χ0n) is 9.51. The fourth-order valence-corrected chi connectivity index (χ4v) is 2.42. The largest absolute Gasteiger partial charge is 0.469 e. The fourth-order valence-electron chi connectivity index (χ4n) is 2.42. The number of aliphatic hydroxyl groups is 1. The fraction of sp³-hybridized carbons (Fsp3) is 0.462. The first-order valence-corrected chi connectivity index (χ1v) is 5.45. The van der Waals surface area contributed by atoms with E-state index in [4.69, 9.17) is 4.74 Å². The molecule has 0 amide bonds. The summed E-state index contributed by atoms with van der Waals surface area (Å²) in [5, 5.41) is 10.5. The summed E-state index contributed by atoms with van der Waals surface area (Å²) in [6.45, 7) is 1.89. The standard InChI is InChI=1S/C13H16O3/c1-9-11(12(14)16-2)8-13(9,15)10-6-4-3-5-7-10/h3-7,9,11,15H,8H2,1-2H3/t9-,11+,13+/m0/s1. The van der Waals surface area contributed by atoms with Gasteiger partial charge < -0.3 is 9.84 Å². The van der Waals surface area contributed by atoms with Gasteiger partial charge in [-0.2, -0.15) is 0 Å². The van der Waals surface area contributed by atoms with E-state index >= 15 is 0 Å². The van der Waals surface area contributed by atoms with Crippen LogP contribution in [0.5, 0.6) is 0 Å². The Morgan fingerprint density at radius 3 is 2.56 bits per heavy atom. The van der Waals surface area contributed by atoms with Crippen LogP contribution in [-0.2, 0) is 15.1 Å². The second kappa shape index (κ2) is 3.91. The predicted octanol–water partition coefficient (Wildman–Crippen LogP) is 1.70. The van der Waals surface area contributed by atoms with Gasteiger partial charge in [-0.15, -0.1) is 0 Å². The van der Waals surface area contributed by atoms with E-state index in [1.54, 1.807) is 0 Å².